The zero-order valence-electron chi connectivity index (χ0n) is 9.99. The topological polar surface area (TPSA) is 29.5 Å². The molecule has 0 fully saturated rings. The minimum atomic E-state index is -4.51. The van der Waals surface area contributed by atoms with Crippen molar-refractivity contribution < 1.29 is 23.0 Å². The van der Waals surface area contributed by atoms with Crippen molar-refractivity contribution in [3.63, 3.8) is 0 Å². The number of aliphatic hydroxyl groups excluding tert-OH is 1. The Hall–Kier alpha value is -1.07. The van der Waals surface area contributed by atoms with Gasteiger partial charge in [-0.3, -0.25) is 0 Å². The molecule has 0 aliphatic heterocycles. The fraction of sp³-hybridized carbons (Fsp3) is 0.538. The van der Waals surface area contributed by atoms with Crippen LogP contribution in [0.5, 0.6) is 0 Å². The third-order valence-corrected chi connectivity index (χ3v) is 2.51. The summed E-state index contributed by atoms with van der Waals surface area (Å²) in [7, 11) is 0. The predicted octanol–water partition coefficient (Wildman–Crippen LogP) is 3.30. The molecular formula is C13H17F3O2. The van der Waals surface area contributed by atoms with Gasteiger partial charge in [0, 0.05) is 6.61 Å². The Labute approximate surface area is 104 Å². The highest BCUT2D eigenvalue weighted by Crippen LogP contribution is 2.23. The van der Waals surface area contributed by atoms with E-state index in [9.17, 15) is 13.2 Å². The lowest BCUT2D eigenvalue weighted by Crippen LogP contribution is -2.28. The summed E-state index contributed by atoms with van der Waals surface area (Å²) in [6.07, 6.45) is -6.18. The second kappa shape index (κ2) is 7.38. The number of aliphatic hydroxyl groups is 1. The first kappa shape index (κ1) is 15.0. The third-order valence-electron chi connectivity index (χ3n) is 2.51. The third kappa shape index (κ3) is 6.02. The molecule has 5 heteroatoms. The molecule has 0 aliphatic carbocycles. The van der Waals surface area contributed by atoms with E-state index in [0.29, 0.717) is 26.1 Å². The Morgan fingerprint density at radius 2 is 1.78 bits per heavy atom. The summed E-state index contributed by atoms with van der Waals surface area (Å²) in [6, 6.07) is 9.56. The van der Waals surface area contributed by atoms with E-state index in [1.165, 1.54) is 0 Å². The van der Waals surface area contributed by atoms with Gasteiger partial charge >= 0.3 is 6.18 Å². The van der Waals surface area contributed by atoms with E-state index in [0.717, 1.165) is 5.56 Å². The Balaban J connectivity index is 2.03. The van der Waals surface area contributed by atoms with Gasteiger partial charge in [-0.15, -0.1) is 0 Å². The van der Waals surface area contributed by atoms with Crippen molar-refractivity contribution in [2.24, 2.45) is 0 Å². The molecule has 0 saturated heterocycles. The normalized spacial score (nSPS) is 13.6. The van der Waals surface area contributed by atoms with Crippen LogP contribution in [0, 0.1) is 0 Å². The number of alkyl halides is 3. The second-order valence-corrected chi connectivity index (χ2v) is 4.09. The number of halogens is 3. The quantitative estimate of drug-likeness (QED) is 0.764. The van der Waals surface area contributed by atoms with Crippen molar-refractivity contribution in [1.82, 2.24) is 0 Å². The second-order valence-electron chi connectivity index (χ2n) is 4.09. The van der Waals surface area contributed by atoms with Gasteiger partial charge in [-0.25, -0.2) is 0 Å². The van der Waals surface area contributed by atoms with E-state index < -0.39 is 12.3 Å². The zero-order chi connectivity index (χ0) is 13.4. The number of rotatable bonds is 7. The Kier molecular flexibility index (Phi) is 6.15. The van der Waals surface area contributed by atoms with Crippen molar-refractivity contribution in [1.29, 1.82) is 0 Å². The predicted molar refractivity (Wildman–Crippen MR) is 62.0 cm³/mol. The maximum atomic E-state index is 12.0. The van der Waals surface area contributed by atoms with Crippen LogP contribution in [0.15, 0.2) is 30.3 Å². The van der Waals surface area contributed by atoms with Crippen LogP contribution in [0.2, 0.25) is 0 Å². The largest absolute Gasteiger partial charge is 0.414 e. The highest BCUT2D eigenvalue weighted by Gasteiger charge is 2.37. The van der Waals surface area contributed by atoms with E-state index >= 15 is 0 Å². The number of benzene rings is 1. The molecule has 102 valence electrons. The molecule has 1 atom stereocenters. The van der Waals surface area contributed by atoms with Gasteiger partial charge < -0.3 is 9.84 Å². The minimum Gasteiger partial charge on any atom is -0.384 e. The first-order valence-electron chi connectivity index (χ1n) is 5.86. The minimum absolute atomic E-state index is 0.266. The van der Waals surface area contributed by atoms with Crippen LogP contribution < -0.4 is 0 Å². The Morgan fingerprint density at radius 1 is 1.11 bits per heavy atom. The van der Waals surface area contributed by atoms with Gasteiger partial charge in [-0.05, 0) is 24.8 Å². The van der Waals surface area contributed by atoms with Crippen LogP contribution in [0.1, 0.15) is 24.8 Å². The van der Waals surface area contributed by atoms with Gasteiger partial charge in [0.25, 0.3) is 0 Å². The smallest absolute Gasteiger partial charge is 0.384 e. The number of ether oxygens (including phenoxy) is 1. The molecule has 0 bridgehead atoms. The monoisotopic (exact) mass is 262 g/mol. The van der Waals surface area contributed by atoms with Crippen LogP contribution in [0.25, 0.3) is 0 Å². The summed E-state index contributed by atoms with van der Waals surface area (Å²) in [5.41, 5.74) is 1.04. The molecule has 0 amide bonds. The van der Waals surface area contributed by atoms with Crippen LogP contribution >= 0.6 is 0 Å². The molecule has 1 N–H and O–H groups in total. The average Bonchev–Trinajstić information content (AvgIpc) is 2.33. The molecule has 1 rings (SSSR count). The summed E-state index contributed by atoms with van der Waals surface area (Å²) in [5.74, 6) is 0. The van der Waals surface area contributed by atoms with Crippen molar-refractivity contribution in [2.75, 3.05) is 6.61 Å². The lowest BCUT2D eigenvalue weighted by Gasteiger charge is -2.13. The zero-order valence-corrected chi connectivity index (χ0v) is 9.99. The highest BCUT2D eigenvalue weighted by atomic mass is 19.4. The number of unbranched alkanes of at least 4 members (excludes halogenated alkanes) is 1. The summed E-state index contributed by atoms with van der Waals surface area (Å²) < 4.78 is 41.2. The Morgan fingerprint density at radius 3 is 2.39 bits per heavy atom. The van der Waals surface area contributed by atoms with E-state index in [2.05, 4.69) is 0 Å². The number of hydrogen-bond donors (Lipinski definition) is 1. The van der Waals surface area contributed by atoms with Crippen molar-refractivity contribution in [3.8, 4) is 0 Å². The highest BCUT2D eigenvalue weighted by molar-refractivity contribution is 5.13. The van der Waals surface area contributed by atoms with Gasteiger partial charge in [0.1, 0.15) is 6.10 Å². The molecule has 0 aromatic heterocycles. The lowest BCUT2D eigenvalue weighted by molar-refractivity contribution is -0.205. The van der Waals surface area contributed by atoms with Crippen LogP contribution in [0.4, 0.5) is 13.2 Å². The van der Waals surface area contributed by atoms with E-state index in [-0.39, 0.29) is 6.42 Å². The van der Waals surface area contributed by atoms with E-state index in [1.807, 2.05) is 30.3 Å². The average molecular weight is 262 g/mol. The molecule has 18 heavy (non-hydrogen) atoms. The van der Waals surface area contributed by atoms with Crippen molar-refractivity contribution in [3.05, 3.63) is 35.9 Å². The summed E-state index contributed by atoms with van der Waals surface area (Å²) in [4.78, 5) is 0. The molecule has 2 nitrogen and oxygen atoms in total. The molecule has 0 spiro atoms. The SMILES string of the molecule is O[C@H](CCCCOCc1ccccc1)C(F)(F)F. The van der Waals surface area contributed by atoms with Gasteiger partial charge in [0.15, 0.2) is 0 Å². The van der Waals surface area contributed by atoms with E-state index in [4.69, 9.17) is 9.84 Å². The van der Waals surface area contributed by atoms with Gasteiger partial charge in [0.2, 0.25) is 0 Å². The van der Waals surface area contributed by atoms with Crippen LogP contribution in [-0.2, 0) is 11.3 Å². The maximum Gasteiger partial charge on any atom is 0.414 e. The van der Waals surface area contributed by atoms with Crippen molar-refractivity contribution in [2.45, 2.75) is 38.1 Å². The maximum absolute atomic E-state index is 12.0. The summed E-state index contributed by atoms with van der Waals surface area (Å²) in [6.45, 7) is 0.863. The van der Waals surface area contributed by atoms with Crippen LogP contribution in [0.3, 0.4) is 0 Å². The Bertz CT molecular complexity index is 325. The fourth-order valence-corrected chi connectivity index (χ4v) is 1.47. The van der Waals surface area contributed by atoms with Crippen LogP contribution in [-0.4, -0.2) is 24.0 Å². The van der Waals surface area contributed by atoms with Gasteiger partial charge in [-0.2, -0.15) is 13.2 Å². The fourth-order valence-electron chi connectivity index (χ4n) is 1.47. The molecular weight excluding hydrogens is 245 g/mol. The summed E-state index contributed by atoms with van der Waals surface area (Å²) >= 11 is 0. The van der Waals surface area contributed by atoms with Gasteiger partial charge in [-0.1, -0.05) is 30.3 Å². The standard InChI is InChI=1S/C13H17F3O2/c14-13(15,16)12(17)8-4-5-9-18-10-11-6-2-1-3-7-11/h1-3,6-7,12,17H,4-5,8-10H2/t12-/m1/s1. The molecule has 0 unspecified atom stereocenters. The molecule has 0 radical (unpaired) electrons. The molecule has 1 aromatic rings. The molecule has 0 saturated carbocycles. The molecule has 1 aromatic carbocycles. The lowest BCUT2D eigenvalue weighted by atomic mass is 10.1. The molecule has 0 heterocycles. The van der Waals surface area contributed by atoms with Crippen molar-refractivity contribution >= 4 is 0 Å². The first-order valence-corrected chi connectivity index (χ1v) is 5.86. The number of hydrogen-bond acceptors (Lipinski definition) is 2. The molecule has 0 aliphatic rings. The first-order chi connectivity index (χ1) is 8.50. The summed E-state index contributed by atoms with van der Waals surface area (Å²) in [5, 5.41) is 8.75. The van der Waals surface area contributed by atoms with Gasteiger partial charge in [0.05, 0.1) is 6.61 Å². The van der Waals surface area contributed by atoms with E-state index in [1.54, 1.807) is 0 Å².